The number of benzene rings is 2. The van der Waals surface area contributed by atoms with Gasteiger partial charge in [0.15, 0.2) is 0 Å². The minimum Gasteiger partial charge on any atom is -0.497 e. The van der Waals surface area contributed by atoms with E-state index in [4.69, 9.17) is 4.74 Å². The van der Waals surface area contributed by atoms with Crippen LogP contribution < -0.4 is 14.8 Å². The number of rotatable bonds is 6. The number of hydrogen-bond acceptors (Lipinski definition) is 6. The quantitative estimate of drug-likeness (QED) is 0.692. The standard InChI is InChI=1S/C23H28N4O4S/c1-16(24-22-20-8-3-4-9-21(20)32(29,30)26-22)23(28)25-18-10-12-27(13-11-18)15-17-6-5-7-19(14-17)31-2/h3-9,14,16,18H,10-13,15H2,1-2H3,(H,24,26)(H,25,28)/t16-/m0/s1. The molecule has 1 amide bonds. The topological polar surface area (TPSA) is 100 Å². The molecule has 0 saturated carbocycles. The molecule has 0 aliphatic carbocycles. The number of sulfonamides is 1. The fourth-order valence-corrected chi connectivity index (χ4v) is 5.31. The van der Waals surface area contributed by atoms with Crippen LogP contribution >= 0.6 is 0 Å². The smallest absolute Gasteiger partial charge is 0.263 e. The van der Waals surface area contributed by atoms with Crippen molar-refractivity contribution in [2.45, 2.75) is 43.3 Å². The fourth-order valence-electron chi connectivity index (χ4n) is 4.07. The number of likely N-dealkylation sites (tertiary alicyclic amines) is 1. The first kappa shape index (κ1) is 22.3. The number of amidine groups is 1. The molecular formula is C23H28N4O4S. The molecule has 2 aliphatic rings. The molecule has 0 bridgehead atoms. The lowest BCUT2D eigenvalue weighted by molar-refractivity contribution is -0.122. The lowest BCUT2D eigenvalue weighted by Gasteiger charge is -2.32. The lowest BCUT2D eigenvalue weighted by atomic mass is 10.0. The van der Waals surface area contributed by atoms with E-state index in [0.29, 0.717) is 5.56 Å². The van der Waals surface area contributed by atoms with Crippen LogP contribution in [-0.2, 0) is 21.4 Å². The molecule has 4 rings (SSSR count). The Morgan fingerprint density at radius 2 is 1.97 bits per heavy atom. The molecule has 2 N–H and O–H groups in total. The van der Waals surface area contributed by atoms with Crippen LogP contribution in [0.5, 0.6) is 5.75 Å². The summed E-state index contributed by atoms with van der Waals surface area (Å²) in [6, 6.07) is 14.1. The van der Waals surface area contributed by atoms with Gasteiger partial charge in [-0.2, -0.15) is 0 Å². The van der Waals surface area contributed by atoms with Gasteiger partial charge < -0.3 is 10.1 Å². The first-order chi connectivity index (χ1) is 15.4. The van der Waals surface area contributed by atoms with E-state index < -0.39 is 16.1 Å². The molecule has 0 unspecified atom stereocenters. The van der Waals surface area contributed by atoms with Crippen molar-refractivity contribution in [2.75, 3.05) is 20.2 Å². The number of hydrogen-bond donors (Lipinski definition) is 2. The molecule has 0 spiro atoms. The van der Waals surface area contributed by atoms with E-state index in [2.05, 4.69) is 26.0 Å². The average molecular weight is 457 g/mol. The predicted molar refractivity (Wildman–Crippen MR) is 122 cm³/mol. The van der Waals surface area contributed by atoms with Gasteiger partial charge in [0.1, 0.15) is 17.6 Å². The largest absolute Gasteiger partial charge is 0.497 e. The van der Waals surface area contributed by atoms with Crippen LogP contribution in [0.15, 0.2) is 58.4 Å². The van der Waals surface area contributed by atoms with E-state index >= 15 is 0 Å². The maximum atomic E-state index is 12.7. The van der Waals surface area contributed by atoms with Crippen molar-refractivity contribution in [3.8, 4) is 5.75 Å². The Labute approximate surface area is 188 Å². The molecule has 32 heavy (non-hydrogen) atoms. The first-order valence-corrected chi connectivity index (χ1v) is 12.2. The molecule has 0 radical (unpaired) electrons. The summed E-state index contributed by atoms with van der Waals surface area (Å²) in [5, 5.41) is 3.07. The number of amides is 1. The molecule has 9 heteroatoms. The Morgan fingerprint density at radius 1 is 1.22 bits per heavy atom. The Balaban J connectivity index is 1.31. The summed E-state index contributed by atoms with van der Waals surface area (Å²) in [4.78, 5) is 19.6. The van der Waals surface area contributed by atoms with E-state index in [-0.39, 0.29) is 22.7 Å². The average Bonchev–Trinajstić information content (AvgIpc) is 3.05. The van der Waals surface area contributed by atoms with E-state index in [1.54, 1.807) is 32.2 Å². The van der Waals surface area contributed by atoms with Gasteiger partial charge in [-0.05, 0) is 49.6 Å². The summed E-state index contributed by atoms with van der Waals surface area (Å²) in [7, 11) is -1.95. The third kappa shape index (κ3) is 4.94. The molecule has 2 aromatic rings. The second-order valence-electron chi connectivity index (χ2n) is 8.17. The molecule has 2 aliphatic heterocycles. The summed E-state index contributed by atoms with van der Waals surface area (Å²) in [6.07, 6.45) is 1.71. The predicted octanol–water partition coefficient (Wildman–Crippen LogP) is 1.90. The van der Waals surface area contributed by atoms with Crippen LogP contribution in [0.25, 0.3) is 0 Å². The van der Waals surface area contributed by atoms with Crippen molar-refractivity contribution < 1.29 is 17.9 Å². The number of carbonyl (C=O) groups is 1. The van der Waals surface area contributed by atoms with Crippen molar-refractivity contribution in [3.05, 3.63) is 59.7 Å². The number of nitrogens with zero attached hydrogens (tertiary/aromatic N) is 2. The van der Waals surface area contributed by atoms with Crippen molar-refractivity contribution in [3.63, 3.8) is 0 Å². The molecule has 0 aromatic heterocycles. The zero-order valence-electron chi connectivity index (χ0n) is 18.2. The summed E-state index contributed by atoms with van der Waals surface area (Å²) >= 11 is 0. The molecule has 8 nitrogen and oxygen atoms in total. The normalized spacial score (nSPS) is 20.4. The third-order valence-electron chi connectivity index (χ3n) is 5.84. The Morgan fingerprint density at radius 3 is 2.72 bits per heavy atom. The number of aliphatic imine (C=N–C) groups is 1. The van der Waals surface area contributed by atoms with Crippen molar-refractivity contribution >= 4 is 21.8 Å². The first-order valence-electron chi connectivity index (χ1n) is 10.7. The summed E-state index contributed by atoms with van der Waals surface area (Å²) < 4.78 is 32.2. The van der Waals surface area contributed by atoms with Gasteiger partial charge in [0.05, 0.1) is 12.0 Å². The van der Waals surface area contributed by atoms with Crippen molar-refractivity contribution in [1.82, 2.24) is 14.9 Å². The molecular weight excluding hydrogens is 428 g/mol. The van der Waals surface area contributed by atoms with Gasteiger partial charge in [0, 0.05) is 31.2 Å². The maximum absolute atomic E-state index is 12.7. The zero-order chi connectivity index (χ0) is 22.7. The zero-order valence-corrected chi connectivity index (χ0v) is 19.1. The number of fused-ring (bicyclic) bond motifs is 1. The number of ether oxygens (including phenoxy) is 1. The van der Waals surface area contributed by atoms with Crippen molar-refractivity contribution in [2.24, 2.45) is 4.99 Å². The van der Waals surface area contributed by atoms with Gasteiger partial charge in [-0.3, -0.25) is 19.4 Å². The third-order valence-corrected chi connectivity index (χ3v) is 7.24. The monoisotopic (exact) mass is 456 g/mol. The van der Waals surface area contributed by atoms with Gasteiger partial charge >= 0.3 is 0 Å². The highest BCUT2D eigenvalue weighted by molar-refractivity contribution is 7.90. The van der Waals surface area contributed by atoms with Crippen LogP contribution in [0.1, 0.15) is 30.9 Å². The highest BCUT2D eigenvalue weighted by Gasteiger charge is 2.31. The Bertz CT molecular complexity index is 1120. The van der Waals surface area contributed by atoms with Crippen molar-refractivity contribution in [1.29, 1.82) is 0 Å². The van der Waals surface area contributed by atoms with Crippen LogP contribution in [0.2, 0.25) is 0 Å². The van der Waals surface area contributed by atoms with E-state index in [1.807, 2.05) is 18.2 Å². The maximum Gasteiger partial charge on any atom is 0.263 e. The molecule has 1 atom stereocenters. The van der Waals surface area contributed by atoms with Gasteiger partial charge in [0.2, 0.25) is 5.91 Å². The summed E-state index contributed by atoms with van der Waals surface area (Å²) in [5.74, 6) is 0.871. The highest BCUT2D eigenvalue weighted by atomic mass is 32.2. The fraction of sp³-hybridized carbons (Fsp3) is 0.391. The van der Waals surface area contributed by atoms with Gasteiger partial charge in [-0.25, -0.2) is 8.42 Å². The van der Waals surface area contributed by atoms with Gasteiger partial charge in [-0.1, -0.05) is 24.3 Å². The van der Waals surface area contributed by atoms with E-state index in [9.17, 15) is 13.2 Å². The number of nitrogens with one attached hydrogen (secondary N) is 2. The SMILES string of the molecule is COc1cccc(CN2CCC(NC(=O)[C@H](C)N=C3NS(=O)(=O)c4ccccc43)CC2)c1. The molecule has 2 heterocycles. The van der Waals surface area contributed by atoms with Gasteiger partial charge in [-0.15, -0.1) is 0 Å². The minimum atomic E-state index is -3.62. The molecule has 170 valence electrons. The van der Waals surface area contributed by atoms with Crippen LogP contribution in [0.4, 0.5) is 0 Å². The second-order valence-corrected chi connectivity index (χ2v) is 9.82. The molecule has 1 fully saturated rings. The molecule has 2 aromatic carbocycles. The summed E-state index contributed by atoms with van der Waals surface area (Å²) in [6.45, 7) is 4.30. The number of methoxy groups -OCH3 is 1. The van der Waals surface area contributed by atoms with Gasteiger partial charge in [0.25, 0.3) is 10.0 Å². The summed E-state index contributed by atoms with van der Waals surface area (Å²) in [5.41, 5.74) is 1.70. The second kappa shape index (κ2) is 9.30. The Hall–Kier alpha value is -2.91. The highest BCUT2D eigenvalue weighted by Crippen LogP contribution is 2.23. The molecule has 1 saturated heterocycles. The number of piperidine rings is 1. The minimum absolute atomic E-state index is 0.0827. The van der Waals surface area contributed by atoms with E-state index in [1.165, 1.54) is 11.6 Å². The van der Waals surface area contributed by atoms with Crippen LogP contribution in [0.3, 0.4) is 0 Å². The van der Waals surface area contributed by atoms with E-state index in [0.717, 1.165) is 38.2 Å². The van der Waals surface area contributed by atoms with Crippen LogP contribution in [-0.4, -0.2) is 57.3 Å². The lowest BCUT2D eigenvalue weighted by Crippen LogP contribution is -2.46. The van der Waals surface area contributed by atoms with Crippen LogP contribution in [0, 0.1) is 0 Å². The Kier molecular flexibility index (Phi) is 6.48. The number of carbonyl (C=O) groups excluding carboxylic acids is 1.